The largest absolute Gasteiger partial charge is 0.399 e. The first-order chi connectivity index (χ1) is 9.49. The average molecular weight is 351 g/mol. The van der Waals surface area contributed by atoms with Crippen molar-refractivity contribution in [3.8, 4) is 6.07 Å². The van der Waals surface area contributed by atoms with Crippen LogP contribution in [0.4, 0.5) is 11.4 Å². The highest BCUT2D eigenvalue weighted by Crippen LogP contribution is 2.24. The van der Waals surface area contributed by atoms with E-state index < -0.39 is 0 Å². The fourth-order valence-corrected chi connectivity index (χ4v) is 2.36. The fourth-order valence-electron chi connectivity index (χ4n) is 1.62. The molecule has 0 atom stereocenters. The van der Waals surface area contributed by atoms with Crippen LogP contribution in [0.15, 0.2) is 40.9 Å². The Bertz CT molecular complexity index is 705. The molecule has 0 aliphatic rings. The number of hydrogen-bond donors (Lipinski definition) is 2. The first-order valence-electron chi connectivity index (χ1n) is 5.56. The van der Waals surface area contributed by atoms with Crippen LogP contribution >= 0.6 is 27.5 Å². The summed E-state index contributed by atoms with van der Waals surface area (Å²) in [6, 6.07) is 11.6. The maximum absolute atomic E-state index is 12.1. The van der Waals surface area contributed by atoms with Crippen molar-refractivity contribution in [3.63, 3.8) is 0 Å². The number of anilines is 2. The number of nitriles is 1. The van der Waals surface area contributed by atoms with Gasteiger partial charge >= 0.3 is 0 Å². The minimum Gasteiger partial charge on any atom is -0.399 e. The molecule has 20 heavy (non-hydrogen) atoms. The van der Waals surface area contributed by atoms with Gasteiger partial charge in [0, 0.05) is 15.7 Å². The van der Waals surface area contributed by atoms with Gasteiger partial charge in [-0.05, 0) is 36.4 Å². The van der Waals surface area contributed by atoms with Crippen LogP contribution in [-0.4, -0.2) is 5.91 Å². The summed E-state index contributed by atoms with van der Waals surface area (Å²) in [7, 11) is 0. The van der Waals surface area contributed by atoms with Gasteiger partial charge in [0.2, 0.25) is 0 Å². The highest BCUT2D eigenvalue weighted by atomic mass is 79.9. The maximum atomic E-state index is 12.1. The molecule has 0 saturated carbocycles. The number of benzene rings is 2. The van der Waals surface area contributed by atoms with Gasteiger partial charge in [0.25, 0.3) is 5.91 Å². The highest BCUT2D eigenvalue weighted by molar-refractivity contribution is 9.10. The zero-order valence-corrected chi connectivity index (χ0v) is 12.5. The molecule has 2 rings (SSSR count). The van der Waals surface area contributed by atoms with E-state index in [1.165, 1.54) is 6.07 Å². The summed E-state index contributed by atoms with van der Waals surface area (Å²) in [5.41, 5.74) is 7.45. The summed E-state index contributed by atoms with van der Waals surface area (Å²) in [6.45, 7) is 0. The zero-order chi connectivity index (χ0) is 14.7. The van der Waals surface area contributed by atoms with Gasteiger partial charge in [-0.2, -0.15) is 5.26 Å². The van der Waals surface area contributed by atoms with Crippen molar-refractivity contribution < 1.29 is 4.79 Å². The number of nitrogens with zero attached hydrogens (tertiary/aromatic N) is 1. The molecule has 0 aromatic heterocycles. The molecule has 2 aromatic carbocycles. The minimum atomic E-state index is -0.329. The Kier molecular flexibility index (Phi) is 4.28. The Morgan fingerprint density at radius 1 is 1.30 bits per heavy atom. The first kappa shape index (κ1) is 14.4. The lowest BCUT2D eigenvalue weighted by atomic mass is 10.1. The predicted octanol–water partition coefficient (Wildman–Crippen LogP) is 3.81. The summed E-state index contributed by atoms with van der Waals surface area (Å²) in [5.74, 6) is -0.329. The van der Waals surface area contributed by atoms with E-state index in [0.29, 0.717) is 32.0 Å². The molecular weight excluding hydrogens is 342 g/mol. The smallest absolute Gasteiger partial charge is 0.255 e. The molecule has 0 heterocycles. The van der Waals surface area contributed by atoms with E-state index in [4.69, 9.17) is 22.6 Å². The van der Waals surface area contributed by atoms with Crippen molar-refractivity contribution in [1.82, 2.24) is 0 Å². The molecule has 0 saturated heterocycles. The van der Waals surface area contributed by atoms with Crippen molar-refractivity contribution in [3.05, 3.63) is 57.0 Å². The summed E-state index contributed by atoms with van der Waals surface area (Å²) >= 11 is 9.28. The number of nitrogens with two attached hydrogens (primary N) is 1. The maximum Gasteiger partial charge on any atom is 0.255 e. The summed E-state index contributed by atoms with van der Waals surface area (Å²) in [4.78, 5) is 12.1. The molecule has 2 aromatic rings. The van der Waals surface area contributed by atoms with Crippen molar-refractivity contribution in [2.24, 2.45) is 0 Å². The van der Waals surface area contributed by atoms with Crippen LogP contribution in [0.25, 0.3) is 0 Å². The summed E-state index contributed by atoms with van der Waals surface area (Å²) in [5, 5.41) is 11.7. The van der Waals surface area contributed by atoms with Gasteiger partial charge in [-0.3, -0.25) is 4.79 Å². The molecular formula is C14H9BrClN3O. The molecule has 0 unspecified atom stereocenters. The summed E-state index contributed by atoms with van der Waals surface area (Å²) < 4.78 is 0.716. The van der Waals surface area contributed by atoms with Gasteiger partial charge in [-0.1, -0.05) is 27.5 Å². The van der Waals surface area contributed by atoms with Gasteiger partial charge < -0.3 is 11.1 Å². The third-order valence-electron chi connectivity index (χ3n) is 2.53. The molecule has 0 spiro atoms. The van der Waals surface area contributed by atoms with Gasteiger partial charge in [0.1, 0.15) is 0 Å². The Morgan fingerprint density at radius 2 is 2.05 bits per heavy atom. The van der Waals surface area contributed by atoms with Crippen molar-refractivity contribution in [2.75, 3.05) is 11.1 Å². The van der Waals surface area contributed by atoms with E-state index >= 15 is 0 Å². The second-order valence-corrected chi connectivity index (χ2v) is 5.36. The van der Waals surface area contributed by atoms with Crippen molar-refractivity contribution >= 4 is 44.8 Å². The third kappa shape index (κ3) is 3.29. The number of amides is 1. The molecule has 1 amide bonds. The van der Waals surface area contributed by atoms with Crippen LogP contribution in [0.2, 0.25) is 5.02 Å². The molecule has 0 aliphatic heterocycles. The first-order valence-corrected chi connectivity index (χ1v) is 6.74. The van der Waals surface area contributed by atoms with Gasteiger partial charge in [-0.25, -0.2) is 0 Å². The van der Waals surface area contributed by atoms with Crippen LogP contribution in [0.3, 0.4) is 0 Å². The second-order valence-electron chi connectivity index (χ2n) is 4.03. The molecule has 3 N–H and O–H groups in total. The van der Waals surface area contributed by atoms with E-state index in [0.717, 1.165) is 0 Å². The normalized spacial score (nSPS) is 9.85. The number of carbonyl (C=O) groups is 1. The Balaban J connectivity index is 2.26. The lowest BCUT2D eigenvalue weighted by Gasteiger charge is -2.08. The molecule has 6 heteroatoms. The van der Waals surface area contributed by atoms with E-state index in [2.05, 4.69) is 21.2 Å². The standard InChI is InChI=1S/C14H9BrClN3O/c15-10-4-9(5-11(18)6-10)14(20)19-13-2-1-8(7-17)3-12(13)16/h1-6H,18H2,(H,19,20). The van der Waals surface area contributed by atoms with Crippen LogP contribution in [-0.2, 0) is 0 Å². The lowest BCUT2D eigenvalue weighted by molar-refractivity contribution is 0.102. The number of nitrogen functional groups attached to an aromatic ring is 1. The van der Waals surface area contributed by atoms with Gasteiger partial charge in [0.05, 0.1) is 22.3 Å². The van der Waals surface area contributed by atoms with E-state index in [-0.39, 0.29) is 5.91 Å². The zero-order valence-electron chi connectivity index (χ0n) is 10.2. The fraction of sp³-hybridized carbons (Fsp3) is 0. The number of rotatable bonds is 2. The van der Waals surface area contributed by atoms with Crippen molar-refractivity contribution in [2.45, 2.75) is 0 Å². The Labute approximate surface area is 129 Å². The Morgan fingerprint density at radius 3 is 2.65 bits per heavy atom. The van der Waals surface area contributed by atoms with Crippen LogP contribution < -0.4 is 11.1 Å². The topological polar surface area (TPSA) is 78.9 Å². The quantitative estimate of drug-likeness (QED) is 0.808. The number of carbonyl (C=O) groups excluding carboxylic acids is 1. The lowest BCUT2D eigenvalue weighted by Crippen LogP contribution is -2.12. The van der Waals surface area contributed by atoms with Crippen LogP contribution in [0.1, 0.15) is 15.9 Å². The van der Waals surface area contributed by atoms with Crippen LogP contribution in [0.5, 0.6) is 0 Å². The van der Waals surface area contributed by atoms with E-state index in [1.54, 1.807) is 30.3 Å². The third-order valence-corrected chi connectivity index (χ3v) is 3.30. The van der Waals surface area contributed by atoms with E-state index in [1.807, 2.05) is 6.07 Å². The average Bonchev–Trinajstić information content (AvgIpc) is 2.39. The minimum absolute atomic E-state index is 0.306. The van der Waals surface area contributed by atoms with Crippen LogP contribution in [0, 0.1) is 11.3 Å². The second kappa shape index (κ2) is 5.95. The monoisotopic (exact) mass is 349 g/mol. The molecule has 4 nitrogen and oxygen atoms in total. The molecule has 0 aliphatic carbocycles. The number of nitrogens with one attached hydrogen (secondary N) is 1. The molecule has 0 bridgehead atoms. The number of hydrogen-bond acceptors (Lipinski definition) is 3. The van der Waals surface area contributed by atoms with E-state index in [9.17, 15) is 4.79 Å². The SMILES string of the molecule is N#Cc1ccc(NC(=O)c2cc(N)cc(Br)c2)c(Cl)c1. The van der Waals surface area contributed by atoms with Gasteiger partial charge in [0.15, 0.2) is 0 Å². The summed E-state index contributed by atoms with van der Waals surface area (Å²) in [6.07, 6.45) is 0. The van der Waals surface area contributed by atoms with Gasteiger partial charge in [-0.15, -0.1) is 0 Å². The molecule has 0 fully saturated rings. The molecule has 100 valence electrons. The highest BCUT2D eigenvalue weighted by Gasteiger charge is 2.10. The predicted molar refractivity (Wildman–Crippen MR) is 82.7 cm³/mol. The van der Waals surface area contributed by atoms with Crippen molar-refractivity contribution in [1.29, 1.82) is 5.26 Å². The Hall–Kier alpha value is -2.03. The number of halogens is 2. The molecule has 0 radical (unpaired) electrons.